The molecular weight excluding hydrogens is 369 g/mol. The molecule has 0 N–H and O–H groups in total. The SMILES string of the molecule is COc1ccc(CO[C@@H]2C[C@@H](CI)O[C@@H]2CC#N)cc1. The number of halogens is 1. The van der Waals surface area contributed by atoms with Gasteiger partial charge in [-0.05, 0) is 17.7 Å². The van der Waals surface area contributed by atoms with E-state index in [0.29, 0.717) is 13.0 Å². The third-order valence-electron chi connectivity index (χ3n) is 3.36. The highest BCUT2D eigenvalue weighted by Gasteiger charge is 2.35. The van der Waals surface area contributed by atoms with Crippen LogP contribution in [0.5, 0.6) is 5.75 Å². The van der Waals surface area contributed by atoms with Crippen LogP contribution in [0.3, 0.4) is 0 Å². The highest BCUT2D eigenvalue weighted by Crippen LogP contribution is 2.27. The van der Waals surface area contributed by atoms with E-state index >= 15 is 0 Å². The van der Waals surface area contributed by atoms with Crippen LogP contribution in [0.2, 0.25) is 0 Å². The molecule has 20 heavy (non-hydrogen) atoms. The van der Waals surface area contributed by atoms with Crippen LogP contribution in [-0.4, -0.2) is 29.8 Å². The molecule has 0 amide bonds. The first kappa shape index (κ1) is 15.5. The number of methoxy groups -OCH3 is 1. The molecule has 1 fully saturated rings. The molecule has 0 aliphatic carbocycles. The maximum Gasteiger partial charge on any atom is 0.118 e. The van der Waals surface area contributed by atoms with Gasteiger partial charge in [0.2, 0.25) is 0 Å². The second-order valence-electron chi connectivity index (χ2n) is 4.75. The zero-order valence-electron chi connectivity index (χ0n) is 11.4. The van der Waals surface area contributed by atoms with Crippen LogP contribution in [-0.2, 0) is 16.1 Å². The maximum atomic E-state index is 8.85. The van der Waals surface area contributed by atoms with Gasteiger partial charge >= 0.3 is 0 Å². The lowest BCUT2D eigenvalue weighted by Gasteiger charge is -2.16. The summed E-state index contributed by atoms with van der Waals surface area (Å²) in [5.41, 5.74) is 1.10. The highest BCUT2D eigenvalue weighted by molar-refractivity contribution is 14.1. The van der Waals surface area contributed by atoms with Crippen LogP contribution in [0.4, 0.5) is 0 Å². The van der Waals surface area contributed by atoms with Crippen LogP contribution in [0, 0.1) is 11.3 Å². The molecule has 108 valence electrons. The van der Waals surface area contributed by atoms with Crippen molar-refractivity contribution >= 4 is 22.6 Å². The lowest BCUT2D eigenvalue weighted by Crippen LogP contribution is -2.23. The number of nitrogens with zero attached hydrogens (tertiary/aromatic N) is 1. The summed E-state index contributed by atoms with van der Waals surface area (Å²) in [6.45, 7) is 0.536. The Kier molecular flexibility index (Phi) is 6.07. The van der Waals surface area contributed by atoms with Crippen molar-refractivity contribution in [3.05, 3.63) is 29.8 Å². The van der Waals surface area contributed by atoms with Gasteiger partial charge in [0.15, 0.2) is 0 Å². The predicted octanol–water partition coefficient (Wildman–Crippen LogP) is 3.09. The van der Waals surface area contributed by atoms with Crippen molar-refractivity contribution in [1.29, 1.82) is 5.26 Å². The van der Waals surface area contributed by atoms with Gasteiger partial charge in [0.05, 0.1) is 44.5 Å². The summed E-state index contributed by atoms with van der Waals surface area (Å²) in [6, 6.07) is 9.99. The number of rotatable bonds is 6. The maximum absolute atomic E-state index is 8.85. The summed E-state index contributed by atoms with van der Waals surface area (Å²) in [7, 11) is 1.65. The summed E-state index contributed by atoms with van der Waals surface area (Å²) < 4.78 is 17.8. The van der Waals surface area contributed by atoms with Crippen molar-refractivity contribution in [2.75, 3.05) is 11.5 Å². The molecule has 1 aromatic rings. The smallest absolute Gasteiger partial charge is 0.118 e. The Morgan fingerprint density at radius 2 is 2.15 bits per heavy atom. The van der Waals surface area contributed by atoms with Crippen molar-refractivity contribution in [2.24, 2.45) is 0 Å². The predicted molar refractivity (Wildman–Crippen MR) is 84.0 cm³/mol. The van der Waals surface area contributed by atoms with Crippen LogP contribution in [0.1, 0.15) is 18.4 Å². The lowest BCUT2D eigenvalue weighted by atomic mass is 10.1. The van der Waals surface area contributed by atoms with Crippen molar-refractivity contribution in [3.8, 4) is 11.8 Å². The van der Waals surface area contributed by atoms with Crippen LogP contribution in [0.25, 0.3) is 0 Å². The molecule has 0 unspecified atom stereocenters. The zero-order valence-corrected chi connectivity index (χ0v) is 13.6. The van der Waals surface area contributed by atoms with Gasteiger partial charge < -0.3 is 14.2 Å². The third-order valence-corrected chi connectivity index (χ3v) is 4.35. The van der Waals surface area contributed by atoms with Gasteiger partial charge in [0.1, 0.15) is 5.75 Å². The van der Waals surface area contributed by atoms with Crippen molar-refractivity contribution < 1.29 is 14.2 Å². The Hall–Kier alpha value is -0.840. The molecule has 0 aromatic heterocycles. The monoisotopic (exact) mass is 387 g/mol. The molecule has 2 rings (SSSR count). The van der Waals surface area contributed by atoms with Gasteiger partial charge in [-0.1, -0.05) is 34.7 Å². The minimum Gasteiger partial charge on any atom is -0.497 e. The molecule has 1 aliphatic rings. The van der Waals surface area contributed by atoms with Crippen molar-refractivity contribution in [3.63, 3.8) is 0 Å². The molecule has 1 aromatic carbocycles. The molecule has 0 spiro atoms. The van der Waals surface area contributed by atoms with Crippen molar-refractivity contribution in [1.82, 2.24) is 0 Å². The Labute approximate surface area is 133 Å². The number of hydrogen-bond acceptors (Lipinski definition) is 4. The number of benzene rings is 1. The highest BCUT2D eigenvalue weighted by atomic mass is 127. The Morgan fingerprint density at radius 3 is 2.75 bits per heavy atom. The lowest BCUT2D eigenvalue weighted by molar-refractivity contribution is -0.0230. The summed E-state index contributed by atoms with van der Waals surface area (Å²) in [4.78, 5) is 0. The second kappa shape index (κ2) is 7.81. The molecule has 0 bridgehead atoms. The standard InChI is InChI=1S/C15H18INO3/c1-18-12-4-2-11(3-5-12)10-19-15-8-13(9-16)20-14(15)6-7-17/h2-5,13-15H,6,8-10H2,1H3/t13-,14+,15+/m0/s1. The van der Waals surface area contributed by atoms with Crippen LogP contribution in [0.15, 0.2) is 24.3 Å². The Morgan fingerprint density at radius 1 is 1.40 bits per heavy atom. The van der Waals surface area contributed by atoms with E-state index in [-0.39, 0.29) is 18.3 Å². The first-order valence-corrected chi connectivity index (χ1v) is 8.12. The fourth-order valence-corrected chi connectivity index (χ4v) is 2.84. The normalized spacial score (nSPS) is 25.4. The van der Waals surface area contributed by atoms with Gasteiger partial charge in [-0.25, -0.2) is 0 Å². The number of alkyl halides is 1. The summed E-state index contributed by atoms with van der Waals surface area (Å²) >= 11 is 2.31. The molecule has 1 heterocycles. The summed E-state index contributed by atoms with van der Waals surface area (Å²) in [5.74, 6) is 0.838. The van der Waals surface area contributed by atoms with Gasteiger partial charge in [0, 0.05) is 10.8 Å². The Balaban J connectivity index is 1.89. The van der Waals surface area contributed by atoms with Crippen LogP contribution >= 0.6 is 22.6 Å². The summed E-state index contributed by atoms with van der Waals surface area (Å²) in [6.07, 6.45) is 1.37. The van der Waals surface area contributed by atoms with Gasteiger partial charge in [-0.15, -0.1) is 0 Å². The van der Waals surface area contributed by atoms with Gasteiger partial charge in [0.25, 0.3) is 0 Å². The van der Waals surface area contributed by atoms with E-state index in [1.54, 1.807) is 7.11 Å². The van der Waals surface area contributed by atoms with E-state index in [2.05, 4.69) is 28.7 Å². The first-order valence-electron chi connectivity index (χ1n) is 6.59. The molecule has 1 aliphatic heterocycles. The zero-order chi connectivity index (χ0) is 14.4. The fourth-order valence-electron chi connectivity index (χ4n) is 2.27. The Bertz CT molecular complexity index is 457. The van der Waals surface area contributed by atoms with Crippen LogP contribution < -0.4 is 4.74 Å². The molecule has 4 nitrogen and oxygen atoms in total. The number of ether oxygens (including phenoxy) is 3. The molecule has 0 radical (unpaired) electrons. The molecule has 1 saturated heterocycles. The first-order chi connectivity index (χ1) is 9.76. The van der Waals surface area contributed by atoms with E-state index in [1.807, 2.05) is 24.3 Å². The van der Waals surface area contributed by atoms with E-state index in [0.717, 1.165) is 22.2 Å². The quantitative estimate of drug-likeness (QED) is 0.556. The average molecular weight is 387 g/mol. The van der Waals surface area contributed by atoms with E-state index in [4.69, 9.17) is 19.5 Å². The van der Waals surface area contributed by atoms with Gasteiger partial charge in [-0.2, -0.15) is 5.26 Å². The average Bonchev–Trinajstić information content (AvgIpc) is 2.88. The van der Waals surface area contributed by atoms with Crippen molar-refractivity contribution in [2.45, 2.75) is 37.8 Å². The van der Waals surface area contributed by atoms with Gasteiger partial charge in [-0.3, -0.25) is 0 Å². The summed E-state index contributed by atoms with van der Waals surface area (Å²) in [5, 5.41) is 8.85. The topological polar surface area (TPSA) is 51.5 Å². The molecule has 5 heteroatoms. The van der Waals surface area contributed by atoms with E-state index in [1.165, 1.54) is 0 Å². The molecule has 0 saturated carbocycles. The number of hydrogen-bond donors (Lipinski definition) is 0. The van der Waals surface area contributed by atoms with E-state index in [9.17, 15) is 0 Å². The second-order valence-corrected chi connectivity index (χ2v) is 5.63. The van der Waals surface area contributed by atoms with E-state index < -0.39 is 0 Å². The fraction of sp³-hybridized carbons (Fsp3) is 0.533. The minimum atomic E-state index is -0.0991. The largest absolute Gasteiger partial charge is 0.497 e. The third kappa shape index (κ3) is 4.08. The molecular formula is C15H18INO3. The minimum absolute atomic E-state index is 0.0107. The molecule has 3 atom stereocenters. The number of nitriles is 1.